The van der Waals surface area contributed by atoms with Gasteiger partial charge in [-0.15, -0.1) is 0 Å². The zero-order valence-corrected chi connectivity index (χ0v) is 38.9. The lowest BCUT2D eigenvalue weighted by Gasteiger charge is -2.48. The van der Waals surface area contributed by atoms with Crippen molar-refractivity contribution in [2.45, 2.75) is 141 Å². The van der Waals surface area contributed by atoms with Gasteiger partial charge in [-0.25, -0.2) is 14.6 Å². The molecule has 18 nitrogen and oxygen atoms in total. The molecule has 0 spiro atoms. The van der Waals surface area contributed by atoms with E-state index in [4.69, 9.17) is 33.7 Å². The van der Waals surface area contributed by atoms with Crippen LogP contribution >= 0.6 is 0 Å². The maximum Gasteiger partial charge on any atom is 0.408 e. The van der Waals surface area contributed by atoms with E-state index in [-0.39, 0.29) is 37.3 Å². The van der Waals surface area contributed by atoms with Crippen LogP contribution in [0.2, 0.25) is 0 Å². The molecule has 5 rings (SSSR count). The highest BCUT2D eigenvalue weighted by atomic mass is 16.7. The largest absolute Gasteiger partial charge is 0.461 e. The number of nitriles is 1. The fourth-order valence-corrected chi connectivity index (χ4v) is 9.43. The van der Waals surface area contributed by atoms with Crippen molar-refractivity contribution in [3.63, 3.8) is 0 Å². The summed E-state index contributed by atoms with van der Waals surface area (Å²) >= 11 is 0. The topological polar surface area (TPSA) is 238 Å². The van der Waals surface area contributed by atoms with E-state index in [1.54, 1.807) is 84.0 Å². The lowest BCUT2D eigenvalue weighted by molar-refractivity contribution is -0.298. The average Bonchev–Trinajstić information content (AvgIpc) is 3.58. The summed E-state index contributed by atoms with van der Waals surface area (Å²) in [5.74, 6) is -5.89. The number of hydrogen-bond acceptors (Lipinski definition) is 16. The number of ketones is 1. The lowest BCUT2D eigenvalue weighted by Crippen LogP contribution is -2.61. The van der Waals surface area contributed by atoms with Crippen LogP contribution in [0.25, 0.3) is 6.08 Å². The van der Waals surface area contributed by atoms with Gasteiger partial charge in [0, 0.05) is 42.7 Å². The van der Waals surface area contributed by atoms with Gasteiger partial charge in [-0.3, -0.25) is 19.4 Å². The summed E-state index contributed by atoms with van der Waals surface area (Å²) in [6, 6.07) is 8.96. The molecule has 3 fully saturated rings. The van der Waals surface area contributed by atoms with Crippen LogP contribution in [0.1, 0.15) is 91.6 Å². The molecular formula is C47H64N6O12. The zero-order valence-electron chi connectivity index (χ0n) is 38.9. The Labute approximate surface area is 380 Å². The van der Waals surface area contributed by atoms with Crippen molar-refractivity contribution in [3.8, 4) is 6.07 Å². The molecule has 5 heterocycles. The summed E-state index contributed by atoms with van der Waals surface area (Å²) in [6.07, 6.45) is -1.71. The van der Waals surface area contributed by atoms with Crippen LogP contribution in [0.3, 0.4) is 0 Å². The Balaban J connectivity index is 1.62. The molecule has 3 N–H and O–H groups in total. The SMILES string of the molecule is CC[C@H]1OC(=O)[C@H](C)[C@@H](OC(=O)Cc2ccccn2)[C@H](C)[C@@H](O[C@@H]2O[C@H](C)C[C@H](N(C)C)[C@H]2O)[C@](C)(OC(=O)NCC=Cc2ccc(C#N)nc2)C[C@@H](C)C(=O)[C@H](C)[C@H]2NC(=O)O[C@@]21C. The first-order chi connectivity index (χ1) is 30.7. The van der Waals surface area contributed by atoms with Crippen LogP contribution in [0.15, 0.2) is 48.8 Å². The van der Waals surface area contributed by atoms with Crippen molar-refractivity contribution in [1.29, 1.82) is 5.26 Å². The minimum absolute atomic E-state index is 0.0107. The number of esters is 2. The first-order valence-electron chi connectivity index (χ1n) is 22.2. The Morgan fingerprint density at radius 3 is 2.45 bits per heavy atom. The molecular weight excluding hydrogens is 841 g/mol. The normalized spacial score (nSPS) is 34.6. The van der Waals surface area contributed by atoms with Gasteiger partial charge in [0.25, 0.3) is 0 Å². The second-order valence-electron chi connectivity index (χ2n) is 18.1. The number of fused-ring (bicyclic) bond motifs is 1. The van der Waals surface area contributed by atoms with Gasteiger partial charge in [-0.2, -0.15) is 5.26 Å². The molecule has 0 aromatic carbocycles. The van der Waals surface area contributed by atoms with Gasteiger partial charge < -0.3 is 49.1 Å². The third kappa shape index (κ3) is 12.1. The van der Waals surface area contributed by atoms with Gasteiger partial charge in [0.1, 0.15) is 47.6 Å². The number of likely N-dealkylation sites (N-methyl/N-ethyl adjacent to an activating group) is 1. The van der Waals surface area contributed by atoms with Crippen molar-refractivity contribution in [2.24, 2.45) is 23.7 Å². The van der Waals surface area contributed by atoms with Crippen molar-refractivity contribution >= 4 is 36.0 Å². The molecule has 0 aliphatic carbocycles. The number of nitrogens with one attached hydrogen (secondary N) is 2. The molecule has 0 radical (unpaired) electrons. The summed E-state index contributed by atoms with van der Waals surface area (Å²) in [5.41, 5.74) is -1.94. The quantitative estimate of drug-likeness (QED) is 0.208. The monoisotopic (exact) mass is 904 g/mol. The number of aromatic nitrogens is 2. The smallest absolute Gasteiger partial charge is 0.408 e. The number of carbonyl (C=O) groups excluding carboxylic acids is 5. The number of pyridine rings is 2. The number of carbonyl (C=O) groups is 5. The third-order valence-electron chi connectivity index (χ3n) is 12.9. The summed E-state index contributed by atoms with van der Waals surface area (Å²) in [5, 5.41) is 26.4. The van der Waals surface area contributed by atoms with Crippen LogP contribution in [0, 0.1) is 35.0 Å². The maximum atomic E-state index is 14.7. The van der Waals surface area contributed by atoms with Gasteiger partial charge >= 0.3 is 24.1 Å². The molecule has 18 heteroatoms. The van der Waals surface area contributed by atoms with E-state index in [2.05, 4.69) is 20.6 Å². The fraction of sp³-hybridized carbons (Fsp3) is 0.617. The van der Waals surface area contributed by atoms with Crippen molar-refractivity contribution in [3.05, 3.63) is 65.8 Å². The van der Waals surface area contributed by atoms with Gasteiger partial charge in [-0.05, 0) is 84.8 Å². The minimum Gasteiger partial charge on any atom is -0.461 e. The number of ether oxygens (including phenoxy) is 6. The van der Waals surface area contributed by atoms with Gasteiger partial charge in [0.15, 0.2) is 11.9 Å². The molecule has 2 amide bonds. The number of aliphatic hydroxyl groups is 1. The number of hydrogen-bond donors (Lipinski definition) is 3. The first kappa shape index (κ1) is 50.5. The van der Waals surface area contributed by atoms with E-state index >= 15 is 0 Å². The van der Waals surface area contributed by atoms with E-state index in [1.807, 2.05) is 32.0 Å². The van der Waals surface area contributed by atoms with E-state index in [0.717, 1.165) is 0 Å². The molecule has 2 aromatic heterocycles. The predicted molar refractivity (Wildman–Crippen MR) is 234 cm³/mol. The molecule has 0 unspecified atom stereocenters. The Morgan fingerprint density at radius 1 is 1.08 bits per heavy atom. The maximum absolute atomic E-state index is 14.7. The molecule has 2 aromatic rings. The Morgan fingerprint density at radius 2 is 1.82 bits per heavy atom. The molecule has 14 atom stereocenters. The number of nitrogens with zero attached hydrogens (tertiary/aromatic N) is 4. The molecule has 0 saturated carbocycles. The van der Waals surface area contributed by atoms with Crippen LogP contribution in [-0.2, 0) is 49.2 Å². The Bertz CT molecular complexity index is 2070. The minimum atomic E-state index is -1.79. The zero-order chi connectivity index (χ0) is 47.8. The number of aliphatic hydroxyl groups excluding tert-OH is 1. The van der Waals surface area contributed by atoms with Crippen LogP contribution in [0.4, 0.5) is 9.59 Å². The van der Waals surface area contributed by atoms with Crippen molar-refractivity contribution < 1.29 is 57.5 Å². The van der Waals surface area contributed by atoms with E-state index < -0.39 is 108 Å². The van der Waals surface area contributed by atoms with Crippen LogP contribution in [-0.4, -0.2) is 131 Å². The number of alkyl carbamates (subject to hydrolysis) is 2. The van der Waals surface area contributed by atoms with E-state index in [1.165, 1.54) is 19.3 Å². The predicted octanol–water partition coefficient (Wildman–Crippen LogP) is 4.52. The van der Waals surface area contributed by atoms with Crippen LogP contribution < -0.4 is 10.6 Å². The van der Waals surface area contributed by atoms with Gasteiger partial charge in [0.05, 0.1) is 30.2 Å². The average molecular weight is 905 g/mol. The van der Waals surface area contributed by atoms with Crippen molar-refractivity contribution in [2.75, 3.05) is 20.6 Å². The standard InChI is InChI=1S/C47H64N6O12/c1-11-35-47(8)40(52-45(59)65-47)28(4)37(55)26(2)23-46(7,64-44(58)50-20-14-15-31-17-18-33(24-48)51-25-31)41(63-43-38(56)34(53(9)10)21-27(3)60-43)29(5)39(30(6)42(57)61-35)62-36(54)22-32-16-12-13-19-49-32/h12-19,25-30,34-35,38-41,43,56H,11,20-23H2,1-10H3,(H,50,58)(H,52,59)/t26-,27-,28+,29+,30-,34+,35-,38-,39+,40-,41-,43+,46-,47-/m1/s1. The van der Waals surface area contributed by atoms with E-state index in [0.29, 0.717) is 17.7 Å². The van der Waals surface area contributed by atoms with Crippen LogP contribution in [0.5, 0.6) is 0 Å². The number of Topliss-reactive ketones (excluding diaryl/α,β-unsaturated/α-hetero) is 1. The molecule has 3 saturated heterocycles. The summed E-state index contributed by atoms with van der Waals surface area (Å²) < 4.78 is 37.8. The highest BCUT2D eigenvalue weighted by Crippen LogP contribution is 2.42. The summed E-state index contributed by atoms with van der Waals surface area (Å²) in [4.78, 5) is 80.3. The first-order valence-corrected chi connectivity index (χ1v) is 22.2. The molecule has 3 aliphatic heterocycles. The molecule has 65 heavy (non-hydrogen) atoms. The Kier molecular flexibility index (Phi) is 16.8. The number of amides is 2. The van der Waals surface area contributed by atoms with E-state index in [9.17, 15) is 29.1 Å². The highest BCUT2D eigenvalue weighted by molar-refractivity contribution is 5.85. The van der Waals surface area contributed by atoms with Crippen molar-refractivity contribution in [1.82, 2.24) is 25.5 Å². The fourth-order valence-electron chi connectivity index (χ4n) is 9.43. The molecule has 3 aliphatic rings. The number of cyclic esters (lactones) is 1. The summed E-state index contributed by atoms with van der Waals surface area (Å²) in [6.45, 7) is 13.3. The second-order valence-corrected chi connectivity index (χ2v) is 18.1. The second kappa shape index (κ2) is 21.7. The molecule has 354 valence electrons. The highest BCUT2D eigenvalue weighted by Gasteiger charge is 2.58. The van der Waals surface area contributed by atoms with Gasteiger partial charge in [0.2, 0.25) is 0 Å². The Hall–Kier alpha value is -5.48. The van der Waals surface area contributed by atoms with Gasteiger partial charge in [-0.1, -0.05) is 52.0 Å². The summed E-state index contributed by atoms with van der Waals surface area (Å²) in [7, 11) is 3.64. The number of rotatable bonds is 11. The third-order valence-corrected chi connectivity index (χ3v) is 12.9. The molecule has 0 bridgehead atoms. The lowest BCUT2D eigenvalue weighted by atomic mass is 9.73.